The van der Waals surface area contributed by atoms with Crippen molar-refractivity contribution in [2.75, 3.05) is 4.81 Å². The topological polar surface area (TPSA) is 3.24 Å². The lowest BCUT2D eigenvalue weighted by molar-refractivity contribution is 0.875. The van der Waals surface area contributed by atoms with Crippen LogP contribution in [0.4, 0.5) is 11.4 Å². The Hall–Kier alpha value is -4.56. The normalized spacial score (nSPS) is 17.8. The van der Waals surface area contributed by atoms with E-state index in [1.54, 1.807) is 0 Å². The first-order valence-corrected chi connectivity index (χ1v) is 13.5. The first-order chi connectivity index (χ1) is 18.9. The SMILES string of the molecule is C1=c2c(c3ccccc3c3ccccc23)=CC2c3ccccc3N(c3ccccc3)B(c3ccccc3)C12. The molecule has 0 saturated carbocycles. The van der Waals surface area contributed by atoms with Gasteiger partial charge in [-0.05, 0) is 61.6 Å². The van der Waals surface area contributed by atoms with Gasteiger partial charge in [-0.1, -0.05) is 133 Å². The van der Waals surface area contributed by atoms with E-state index in [9.17, 15) is 0 Å². The van der Waals surface area contributed by atoms with Crippen molar-refractivity contribution in [3.8, 4) is 0 Å². The molecular formula is C36H26BN. The predicted octanol–water partition coefficient (Wildman–Crippen LogP) is 6.77. The third-order valence-corrected chi connectivity index (χ3v) is 8.51. The van der Waals surface area contributed by atoms with Crippen LogP contribution in [0, 0.1) is 0 Å². The highest BCUT2D eigenvalue weighted by Gasteiger charge is 2.44. The maximum atomic E-state index is 2.60. The van der Waals surface area contributed by atoms with Gasteiger partial charge in [-0.15, -0.1) is 0 Å². The lowest BCUT2D eigenvalue weighted by Crippen LogP contribution is -2.54. The number of hydrogen-bond donors (Lipinski definition) is 0. The second-order valence-electron chi connectivity index (χ2n) is 10.5. The molecule has 0 spiro atoms. The highest BCUT2D eigenvalue weighted by Crippen LogP contribution is 2.49. The van der Waals surface area contributed by atoms with Crippen molar-refractivity contribution in [1.29, 1.82) is 0 Å². The van der Waals surface area contributed by atoms with Crippen molar-refractivity contribution in [1.82, 2.24) is 0 Å². The molecule has 6 aromatic carbocycles. The third-order valence-electron chi connectivity index (χ3n) is 8.51. The molecule has 8 rings (SSSR count). The number of benzene rings is 6. The number of hydrogen-bond acceptors (Lipinski definition) is 1. The smallest absolute Gasteiger partial charge is 0.301 e. The molecule has 0 radical (unpaired) electrons. The molecule has 1 nitrogen and oxygen atoms in total. The fourth-order valence-electron chi connectivity index (χ4n) is 6.95. The number of para-hydroxylation sites is 2. The summed E-state index contributed by atoms with van der Waals surface area (Å²) in [5.41, 5.74) is 5.27. The molecule has 0 saturated heterocycles. The average molecular weight is 483 g/mol. The summed E-state index contributed by atoms with van der Waals surface area (Å²) in [4.78, 5) is 2.57. The molecule has 1 heterocycles. The zero-order chi connectivity index (χ0) is 25.1. The minimum absolute atomic E-state index is 0.174. The predicted molar refractivity (Wildman–Crippen MR) is 163 cm³/mol. The van der Waals surface area contributed by atoms with E-state index in [0.29, 0.717) is 0 Å². The van der Waals surface area contributed by atoms with Gasteiger partial charge in [-0.2, -0.15) is 0 Å². The van der Waals surface area contributed by atoms with Crippen LogP contribution in [0.15, 0.2) is 133 Å². The summed E-state index contributed by atoms with van der Waals surface area (Å²) in [6.45, 7) is 0.174. The van der Waals surface area contributed by atoms with Crippen LogP contribution in [0.1, 0.15) is 11.5 Å². The summed E-state index contributed by atoms with van der Waals surface area (Å²) in [6.07, 6.45) is 5.17. The van der Waals surface area contributed by atoms with E-state index in [4.69, 9.17) is 0 Å². The van der Waals surface area contributed by atoms with Crippen molar-refractivity contribution < 1.29 is 0 Å². The molecule has 2 aliphatic rings. The number of nitrogens with zero attached hydrogens (tertiary/aromatic N) is 1. The number of rotatable bonds is 2. The Balaban J connectivity index is 1.50. The van der Waals surface area contributed by atoms with E-state index in [1.165, 1.54) is 54.4 Å². The standard InChI is InChI=1S/C36H26BN/c1-3-13-25(14-4-1)37-35-24-33-30-20-10-8-18-28(30)27-17-7-9-19-29(27)32(33)23-34(35)31-21-11-12-22-36(31)38(37)26-15-5-2-6-16-26/h1-24,34-35H. The van der Waals surface area contributed by atoms with Gasteiger partial charge in [0, 0.05) is 17.3 Å². The largest absolute Gasteiger partial charge is 0.381 e. The van der Waals surface area contributed by atoms with Crippen LogP contribution in [0.2, 0.25) is 5.82 Å². The molecule has 2 heteroatoms. The second-order valence-corrected chi connectivity index (χ2v) is 10.5. The molecule has 0 N–H and O–H groups in total. The van der Waals surface area contributed by atoms with Crippen LogP contribution >= 0.6 is 0 Å². The van der Waals surface area contributed by atoms with Gasteiger partial charge in [-0.25, -0.2) is 0 Å². The van der Waals surface area contributed by atoms with E-state index >= 15 is 0 Å². The van der Waals surface area contributed by atoms with Gasteiger partial charge >= 0.3 is 6.85 Å². The molecule has 1 aliphatic heterocycles. The van der Waals surface area contributed by atoms with Gasteiger partial charge in [0.05, 0.1) is 0 Å². The lowest BCUT2D eigenvalue weighted by atomic mass is 9.39. The van der Waals surface area contributed by atoms with E-state index in [1.807, 2.05) is 0 Å². The van der Waals surface area contributed by atoms with Gasteiger partial charge in [0.2, 0.25) is 0 Å². The molecule has 38 heavy (non-hydrogen) atoms. The van der Waals surface area contributed by atoms with Gasteiger partial charge in [-0.3, -0.25) is 0 Å². The molecule has 1 aliphatic carbocycles. The van der Waals surface area contributed by atoms with E-state index < -0.39 is 0 Å². The van der Waals surface area contributed by atoms with Crippen molar-refractivity contribution in [2.24, 2.45) is 0 Å². The van der Waals surface area contributed by atoms with E-state index in [-0.39, 0.29) is 18.6 Å². The minimum atomic E-state index is 0.174. The highest BCUT2D eigenvalue weighted by molar-refractivity contribution is 6.81. The highest BCUT2D eigenvalue weighted by atomic mass is 15.1. The van der Waals surface area contributed by atoms with Crippen molar-refractivity contribution >= 4 is 57.4 Å². The zero-order valence-electron chi connectivity index (χ0n) is 21.0. The van der Waals surface area contributed by atoms with Gasteiger partial charge in [0.1, 0.15) is 0 Å². The summed E-state index contributed by atoms with van der Waals surface area (Å²) in [7, 11) is 0. The Morgan fingerprint density at radius 2 is 1.00 bits per heavy atom. The van der Waals surface area contributed by atoms with Crippen molar-refractivity contribution in [2.45, 2.75) is 11.7 Å². The molecular weight excluding hydrogens is 457 g/mol. The molecule has 0 aromatic heterocycles. The van der Waals surface area contributed by atoms with Crippen molar-refractivity contribution in [3.63, 3.8) is 0 Å². The minimum Gasteiger partial charge on any atom is -0.381 e. The van der Waals surface area contributed by atoms with Gasteiger partial charge in [0.15, 0.2) is 0 Å². The molecule has 178 valence electrons. The summed E-state index contributed by atoms with van der Waals surface area (Å²) in [5.74, 6) is 0.568. The molecule has 0 amide bonds. The van der Waals surface area contributed by atoms with Crippen LogP contribution in [-0.2, 0) is 0 Å². The van der Waals surface area contributed by atoms with Crippen LogP contribution < -0.4 is 20.7 Å². The maximum Gasteiger partial charge on any atom is 0.301 e. The molecule has 0 bridgehead atoms. The Bertz CT molecular complexity index is 1950. The van der Waals surface area contributed by atoms with Crippen LogP contribution in [-0.4, -0.2) is 6.85 Å². The number of fused-ring (bicyclic) bond motifs is 9. The fraction of sp³-hybridized carbons (Fsp3) is 0.0556. The third kappa shape index (κ3) is 3.13. The van der Waals surface area contributed by atoms with E-state index in [2.05, 4.69) is 150 Å². The molecule has 0 fully saturated rings. The lowest BCUT2D eigenvalue weighted by Gasteiger charge is -2.45. The quantitative estimate of drug-likeness (QED) is 0.194. The maximum absolute atomic E-state index is 2.60. The molecule has 6 aromatic rings. The zero-order valence-corrected chi connectivity index (χ0v) is 21.0. The van der Waals surface area contributed by atoms with Gasteiger partial charge < -0.3 is 4.81 Å². The first kappa shape index (κ1) is 21.5. The molecule has 2 unspecified atom stereocenters. The summed E-state index contributed by atoms with van der Waals surface area (Å²) < 4.78 is 0. The van der Waals surface area contributed by atoms with Crippen LogP contribution in [0.5, 0.6) is 0 Å². The van der Waals surface area contributed by atoms with Gasteiger partial charge in [0.25, 0.3) is 0 Å². The van der Waals surface area contributed by atoms with Crippen LogP contribution in [0.3, 0.4) is 0 Å². The average Bonchev–Trinajstić information content (AvgIpc) is 3.00. The molecule has 2 atom stereocenters. The first-order valence-electron chi connectivity index (χ1n) is 13.5. The Kier molecular flexibility index (Phi) is 4.81. The Morgan fingerprint density at radius 3 is 1.68 bits per heavy atom. The number of anilines is 2. The summed E-state index contributed by atoms with van der Waals surface area (Å²) in [5, 5.41) is 8.09. The van der Waals surface area contributed by atoms with E-state index in [0.717, 1.165) is 0 Å². The summed E-state index contributed by atoms with van der Waals surface area (Å²) in [6, 6.07) is 48.8. The second kappa shape index (κ2) is 8.50. The Morgan fingerprint density at radius 1 is 0.474 bits per heavy atom. The monoisotopic (exact) mass is 483 g/mol. The Labute approximate surface area is 223 Å². The van der Waals surface area contributed by atoms with Crippen molar-refractivity contribution in [3.05, 3.63) is 149 Å². The van der Waals surface area contributed by atoms with Crippen LogP contribution in [0.25, 0.3) is 33.7 Å². The summed E-state index contributed by atoms with van der Waals surface area (Å²) >= 11 is 0. The fourth-order valence-corrected chi connectivity index (χ4v) is 6.95.